The third-order valence-corrected chi connectivity index (χ3v) is 7.11. The molecule has 0 fully saturated rings. The largest absolute Gasteiger partial charge is 0.497 e. The van der Waals surface area contributed by atoms with Gasteiger partial charge in [-0.15, -0.1) is 0 Å². The monoisotopic (exact) mass is 460 g/mol. The number of carbonyl (C=O) groups is 1. The summed E-state index contributed by atoms with van der Waals surface area (Å²) in [5.41, 5.74) is 2.02. The highest BCUT2D eigenvalue weighted by atomic mass is 32.2. The molecule has 6 nitrogen and oxygen atoms in total. The van der Waals surface area contributed by atoms with Crippen molar-refractivity contribution in [3.8, 4) is 5.75 Å². The van der Waals surface area contributed by atoms with Crippen molar-refractivity contribution in [2.45, 2.75) is 11.8 Å². The van der Waals surface area contributed by atoms with E-state index < -0.39 is 15.9 Å². The molecule has 0 aliphatic rings. The molecule has 0 bridgehead atoms. The molecule has 1 amide bonds. The van der Waals surface area contributed by atoms with E-state index >= 15 is 0 Å². The number of fused-ring (bicyclic) bond motifs is 1. The smallest absolute Gasteiger partial charge is 0.264 e. The fourth-order valence-corrected chi connectivity index (χ4v) is 4.98. The number of carbonyl (C=O) groups excluding carboxylic acids is 1. The zero-order chi connectivity index (χ0) is 23.4. The molecule has 0 spiro atoms. The molecule has 4 rings (SSSR count). The Labute approximate surface area is 193 Å². The van der Waals surface area contributed by atoms with Crippen molar-refractivity contribution in [1.82, 2.24) is 0 Å². The van der Waals surface area contributed by atoms with Crippen LogP contribution in [0.15, 0.2) is 95.9 Å². The van der Waals surface area contributed by atoms with Crippen LogP contribution in [-0.2, 0) is 14.8 Å². The summed E-state index contributed by atoms with van der Waals surface area (Å²) in [7, 11) is -2.49. The first-order chi connectivity index (χ1) is 15.9. The van der Waals surface area contributed by atoms with E-state index in [4.69, 9.17) is 4.74 Å². The van der Waals surface area contributed by atoms with Crippen molar-refractivity contribution in [1.29, 1.82) is 0 Å². The van der Waals surface area contributed by atoms with Crippen molar-refractivity contribution >= 4 is 38.1 Å². The first-order valence-corrected chi connectivity index (χ1v) is 11.8. The summed E-state index contributed by atoms with van der Waals surface area (Å²) < 4.78 is 33.3. The highest BCUT2D eigenvalue weighted by Gasteiger charge is 2.27. The Bertz CT molecular complexity index is 1380. The van der Waals surface area contributed by atoms with Gasteiger partial charge in [-0.25, -0.2) is 8.42 Å². The number of amides is 1. The molecule has 7 heteroatoms. The molecule has 1 N–H and O–H groups in total. The van der Waals surface area contributed by atoms with Gasteiger partial charge in [0.05, 0.1) is 17.7 Å². The SMILES string of the molecule is COc1ccc(S(=O)(=O)N(CC(=O)Nc2cccc3ccccc23)c2ccc(C)cc2)cc1. The number of aryl methyl sites for hydroxylation is 1. The number of rotatable bonds is 7. The number of ether oxygens (including phenoxy) is 1. The fraction of sp³-hybridized carbons (Fsp3) is 0.115. The molecule has 0 unspecified atom stereocenters. The molecule has 0 aromatic heterocycles. The lowest BCUT2D eigenvalue weighted by Crippen LogP contribution is -2.38. The van der Waals surface area contributed by atoms with Crippen LogP contribution in [-0.4, -0.2) is 28.0 Å². The summed E-state index contributed by atoms with van der Waals surface area (Å²) in [6.07, 6.45) is 0. The molecule has 168 valence electrons. The second-order valence-electron chi connectivity index (χ2n) is 7.60. The minimum Gasteiger partial charge on any atom is -0.497 e. The van der Waals surface area contributed by atoms with Gasteiger partial charge in [-0.05, 0) is 54.8 Å². The summed E-state index contributed by atoms with van der Waals surface area (Å²) >= 11 is 0. The predicted octanol–water partition coefficient (Wildman–Crippen LogP) is 4.99. The number of anilines is 2. The van der Waals surface area contributed by atoms with Crippen LogP contribution in [0.2, 0.25) is 0 Å². The third-order valence-electron chi connectivity index (χ3n) is 5.32. The fourth-order valence-electron chi connectivity index (χ4n) is 3.56. The standard InChI is InChI=1S/C26H24N2O4S/c1-19-10-12-21(13-11-19)28(33(30,31)23-16-14-22(32-2)15-17-23)18-26(29)27-25-9-5-7-20-6-3-4-8-24(20)25/h3-17H,18H2,1-2H3,(H,27,29). The first kappa shape index (κ1) is 22.4. The van der Waals surface area contributed by atoms with Crippen LogP contribution >= 0.6 is 0 Å². The molecule has 33 heavy (non-hydrogen) atoms. The van der Waals surface area contributed by atoms with Gasteiger partial charge in [-0.3, -0.25) is 9.10 Å². The van der Waals surface area contributed by atoms with E-state index in [1.54, 1.807) is 30.3 Å². The van der Waals surface area contributed by atoms with E-state index in [1.165, 1.54) is 19.2 Å². The third kappa shape index (κ3) is 4.83. The van der Waals surface area contributed by atoms with Gasteiger partial charge in [0.15, 0.2) is 0 Å². The second kappa shape index (κ2) is 9.34. The van der Waals surface area contributed by atoms with E-state index in [0.29, 0.717) is 17.1 Å². The van der Waals surface area contributed by atoms with Crippen molar-refractivity contribution in [3.63, 3.8) is 0 Å². The molecule has 0 aliphatic carbocycles. The van der Waals surface area contributed by atoms with Crippen LogP contribution in [0.25, 0.3) is 10.8 Å². The van der Waals surface area contributed by atoms with Gasteiger partial charge >= 0.3 is 0 Å². The number of methoxy groups -OCH3 is 1. The zero-order valence-corrected chi connectivity index (χ0v) is 19.2. The van der Waals surface area contributed by atoms with Gasteiger partial charge in [0.25, 0.3) is 10.0 Å². The molecule has 0 saturated carbocycles. The van der Waals surface area contributed by atoms with E-state index in [9.17, 15) is 13.2 Å². The van der Waals surface area contributed by atoms with Gasteiger partial charge in [0, 0.05) is 11.1 Å². The number of nitrogens with one attached hydrogen (secondary N) is 1. The van der Waals surface area contributed by atoms with Crippen LogP contribution in [0.3, 0.4) is 0 Å². The highest BCUT2D eigenvalue weighted by Crippen LogP contribution is 2.27. The van der Waals surface area contributed by atoms with Gasteiger partial charge < -0.3 is 10.1 Å². The molecule has 0 aliphatic heterocycles. The summed E-state index contributed by atoms with van der Waals surface area (Å²) in [5, 5.41) is 4.74. The van der Waals surface area contributed by atoms with Crippen LogP contribution in [0.4, 0.5) is 11.4 Å². The second-order valence-corrected chi connectivity index (χ2v) is 9.46. The van der Waals surface area contributed by atoms with E-state index in [-0.39, 0.29) is 11.4 Å². The molecule has 4 aromatic carbocycles. The molecule has 0 saturated heterocycles. The minimum atomic E-state index is -4.00. The normalized spacial score (nSPS) is 11.2. The molecule has 0 atom stereocenters. The summed E-state index contributed by atoms with van der Waals surface area (Å²) in [6.45, 7) is 1.54. The number of nitrogens with zero attached hydrogens (tertiary/aromatic N) is 1. The number of hydrogen-bond acceptors (Lipinski definition) is 4. The maximum atomic E-state index is 13.5. The van der Waals surface area contributed by atoms with Crippen LogP contribution < -0.4 is 14.4 Å². The Hall–Kier alpha value is -3.84. The Kier molecular flexibility index (Phi) is 6.33. The molecule has 0 heterocycles. The average Bonchev–Trinajstić information content (AvgIpc) is 2.83. The van der Waals surface area contributed by atoms with Crippen molar-refractivity contribution in [2.75, 3.05) is 23.3 Å². The van der Waals surface area contributed by atoms with Crippen molar-refractivity contribution in [3.05, 3.63) is 96.6 Å². The number of sulfonamides is 1. The summed E-state index contributed by atoms with van der Waals surface area (Å²) in [5.74, 6) is 0.105. The van der Waals surface area contributed by atoms with Gasteiger partial charge in [0.1, 0.15) is 12.3 Å². The summed E-state index contributed by atoms with van der Waals surface area (Å²) in [4.78, 5) is 13.1. The van der Waals surface area contributed by atoms with Gasteiger partial charge in [-0.2, -0.15) is 0 Å². The Morgan fingerprint density at radius 2 is 1.55 bits per heavy atom. The zero-order valence-electron chi connectivity index (χ0n) is 18.4. The lowest BCUT2D eigenvalue weighted by atomic mass is 10.1. The first-order valence-electron chi connectivity index (χ1n) is 10.4. The quantitative estimate of drug-likeness (QED) is 0.422. The van der Waals surface area contributed by atoms with E-state index in [0.717, 1.165) is 20.6 Å². The van der Waals surface area contributed by atoms with Crippen LogP contribution in [0.5, 0.6) is 5.75 Å². The molecule has 4 aromatic rings. The lowest BCUT2D eigenvalue weighted by Gasteiger charge is -2.24. The Balaban J connectivity index is 1.67. The molecular weight excluding hydrogens is 436 g/mol. The Morgan fingerprint density at radius 3 is 2.24 bits per heavy atom. The van der Waals surface area contributed by atoms with Gasteiger partial charge in [0.2, 0.25) is 5.91 Å². The van der Waals surface area contributed by atoms with Crippen LogP contribution in [0, 0.1) is 6.92 Å². The average molecular weight is 461 g/mol. The topological polar surface area (TPSA) is 75.7 Å². The maximum Gasteiger partial charge on any atom is 0.264 e. The van der Waals surface area contributed by atoms with Crippen molar-refractivity contribution in [2.24, 2.45) is 0 Å². The van der Waals surface area contributed by atoms with Crippen molar-refractivity contribution < 1.29 is 17.9 Å². The predicted molar refractivity (Wildman–Crippen MR) is 131 cm³/mol. The molecule has 0 radical (unpaired) electrons. The van der Waals surface area contributed by atoms with E-state index in [1.807, 2.05) is 55.5 Å². The van der Waals surface area contributed by atoms with Crippen LogP contribution in [0.1, 0.15) is 5.56 Å². The highest BCUT2D eigenvalue weighted by molar-refractivity contribution is 7.92. The summed E-state index contributed by atoms with van der Waals surface area (Å²) in [6, 6.07) is 26.4. The van der Waals surface area contributed by atoms with E-state index in [2.05, 4.69) is 5.32 Å². The number of benzene rings is 4. The lowest BCUT2D eigenvalue weighted by molar-refractivity contribution is -0.114. The minimum absolute atomic E-state index is 0.0711. The number of hydrogen-bond donors (Lipinski definition) is 1. The van der Waals surface area contributed by atoms with Gasteiger partial charge in [-0.1, -0.05) is 54.1 Å². The molecular formula is C26H24N2O4S. The Morgan fingerprint density at radius 1 is 0.879 bits per heavy atom. The maximum absolute atomic E-state index is 13.5.